The maximum atomic E-state index is 12.8. The lowest BCUT2D eigenvalue weighted by atomic mass is 9.92. The number of anilines is 1. The molecule has 31 heavy (non-hydrogen) atoms. The summed E-state index contributed by atoms with van der Waals surface area (Å²) in [4.78, 5) is 26.8. The minimum atomic E-state index is -0.321. The Balaban J connectivity index is 1.84. The number of para-hydroxylation sites is 1. The highest BCUT2D eigenvalue weighted by molar-refractivity contribution is 6.33. The van der Waals surface area contributed by atoms with Crippen LogP contribution in [0.15, 0.2) is 54.6 Å². The van der Waals surface area contributed by atoms with E-state index in [1.807, 2.05) is 37.3 Å². The maximum Gasteiger partial charge on any atom is 0.255 e. The molecule has 0 aliphatic heterocycles. The van der Waals surface area contributed by atoms with Crippen LogP contribution in [0.3, 0.4) is 0 Å². The first-order valence-electron chi connectivity index (χ1n) is 10.0. The highest BCUT2D eigenvalue weighted by Crippen LogP contribution is 2.27. The van der Waals surface area contributed by atoms with Gasteiger partial charge in [0.1, 0.15) is 5.82 Å². The van der Waals surface area contributed by atoms with Crippen LogP contribution in [0.2, 0.25) is 5.02 Å². The van der Waals surface area contributed by atoms with Gasteiger partial charge in [-0.1, -0.05) is 62.7 Å². The van der Waals surface area contributed by atoms with Crippen molar-refractivity contribution < 1.29 is 9.59 Å². The SMILES string of the molecule is Cc1ccccc1-n1nc(C(C)(C)C)cc1NC(=O)CN(C)C(=O)c1ccccc1Cl. The van der Waals surface area contributed by atoms with E-state index in [1.54, 1.807) is 36.0 Å². The quantitative estimate of drug-likeness (QED) is 0.619. The summed E-state index contributed by atoms with van der Waals surface area (Å²) in [7, 11) is 1.57. The summed E-state index contributed by atoms with van der Waals surface area (Å²) in [5.41, 5.74) is 2.94. The lowest BCUT2D eigenvalue weighted by Crippen LogP contribution is -2.35. The monoisotopic (exact) mass is 438 g/mol. The average molecular weight is 439 g/mol. The van der Waals surface area contributed by atoms with Crippen LogP contribution in [0.4, 0.5) is 5.82 Å². The van der Waals surface area contributed by atoms with E-state index < -0.39 is 0 Å². The van der Waals surface area contributed by atoms with E-state index in [0.29, 0.717) is 16.4 Å². The maximum absolute atomic E-state index is 12.8. The molecule has 0 bridgehead atoms. The zero-order chi connectivity index (χ0) is 22.8. The minimum absolute atomic E-state index is 0.117. The molecule has 7 heteroatoms. The molecular formula is C24H27ClN4O2. The van der Waals surface area contributed by atoms with Gasteiger partial charge in [-0.2, -0.15) is 5.10 Å². The molecule has 0 fully saturated rings. The minimum Gasteiger partial charge on any atom is -0.332 e. The number of likely N-dealkylation sites (N-methyl/N-ethyl adjacent to an activating group) is 1. The van der Waals surface area contributed by atoms with E-state index in [2.05, 4.69) is 26.1 Å². The lowest BCUT2D eigenvalue weighted by molar-refractivity contribution is -0.116. The third kappa shape index (κ3) is 5.14. The van der Waals surface area contributed by atoms with Crippen LogP contribution in [-0.2, 0) is 10.2 Å². The predicted octanol–water partition coefficient (Wildman–Crippen LogP) is 4.84. The number of hydrogen-bond donors (Lipinski definition) is 1. The van der Waals surface area contributed by atoms with Gasteiger partial charge >= 0.3 is 0 Å². The van der Waals surface area contributed by atoms with Crippen molar-refractivity contribution in [2.45, 2.75) is 33.1 Å². The molecule has 0 unspecified atom stereocenters. The Morgan fingerprint density at radius 1 is 1.10 bits per heavy atom. The average Bonchev–Trinajstić information content (AvgIpc) is 3.12. The molecule has 1 heterocycles. The number of aryl methyl sites for hydroxylation is 1. The Kier molecular flexibility index (Phi) is 6.51. The summed E-state index contributed by atoms with van der Waals surface area (Å²) in [6.07, 6.45) is 0. The molecule has 2 amide bonds. The molecule has 3 rings (SSSR count). The molecule has 0 aliphatic carbocycles. The number of hydrogen-bond acceptors (Lipinski definition) is 3. The van der Waals surface area contributed by atoms with E-state index in [9.17, 15) is 9.59 Å². The van der Waals surface area contributed by atoms with Crippen LogP contribution in [0, 0.1) is 6.92 Å². The normalized spacial score (nSPS) is 11.3. The Morgan fingerprint density at radius 3 is 2.39 bits per heavy atom. The number of carbonyl (C=O) groups is 2. The summed E-state index contributed by atoms with van der Waals surface area (Å²) in [5, 5.41) is 8.01. The summed E-state index contributed by atoms with van der Waals surface area (Å²) in [6, 6.07) is 16.5. The van der Waals surface area contributed by atoms with E-state index >= 15 is 0 Å². The lowest BCUT2D eigenvalue weighted by Gasteiger charge is -2.18. The van der Waals surface area contributed by atoms with Crippen LogP contribution >= 0.6 is 11.6 Å². The fourth-order valence-corrected chi connectivity index (χ4v) is 3.35. The van der Waals surface area contributed by atoms with Crippen LogP contribution in [0.1, 0.15) is 42.4 Å². The largest absolute Gasteiger partial charge is 0.332 e. The molecule has 0 aliphatic rings. The summed E-state index contributed by atoms with van der Waals surface area (Å²) < 4.78 is 1.74. The van der Waals surface area contributed by atoms with Gasteiger partial charge in [-0.3, -0.25) is 9.59 Å². The van der Waals surface area contributed by atoms with Gasteiger partial charge in [-0.25, -0.2) is 4.68 Å². The molecule has 1 N–H and O–H groups in total. The number of benzene rings is 2. The number of carbonyl (C=O) groups excluding carboxylic acids is 2. The van der Waals surface area contributed by atoms with Crippen molar-refractivity contribution in [3.05, 3.63) is 76.4 Å². The van der Waals surface area contributed by atoms with Gasteiger partial charge in [0.25, 0.3) is 5.91 Å². The van der Waals surface area contributed by atoms with E-state index in [4.69, 9.17) is 16.7 Å². The second-order valence-electron chi connectivity index (χ2n) is 8.55. The number of halogens is 1. The van der Waals surface area contributed by atoms with Crippen LogP contribution in [0.25, 0.3) is 5.69 Å². The Hall–Kier alpha value is -3.12. The Labute approximate surface area is 187 Å². The van der Waals surface area contributed by atoms with Crippen molar-refractivity contribution in [2.24, 2.45) is 0 Å². The van der Waals surface area contributed by atoms with Gasteiger partial charge in [-0.05, 0) is 30.7 Å². The molecule has 0 radical (unpaired) electrons. The molecule has 0 atom stereocenters. The van der Waals surface area contributed by atoms with E-state index in [0.717, 1.165) is 16.9 Å². The first kappa shape index (κ1) is 22.6. The second-order valence-corrected chi connectivity index (χ2v) is 8.96. The second kappa shape index (κ2) is 8.94. The Bertz CT molecular complexity index is 1110. The van der Waals surface area contributed by atoms with Gasteiger partial charge in [0.2, 0.25) is 5.91 Å². The summed E-state index contributed by atoms with van der Waals surface area (Å²) in [6.45, 7) is 8.08. The molecule has 162 valence electrons. The van der Waals surface area contributed by atoms with E-state index in [1.165, 1.54) is 4.90 Å². The third-order valence-corrected chi connectivity index (χ3v) is 5.25. The van der Waals surface area contributed by atoms with Crippen LogP contribution < -0.4 is 5.32 Å². The molecular weight excluding hydrogens is 412 g/mol. The number of amides is 2. The van der Waals surface area contributed by atoms with Crippen molar-refractivity contribution in [1.29, 1.82) is 0 Å². The van der Waals surface area contributed by atoms with Crippen molar-refractivity contribution in [2.75, 3.05) is 18.9 Å². The van der Waals surface area contributed by atoms with Crippen LogP contribution in [-0.4, -0.2) is 40.1 Å². The first-order valence-corrected chi connectivity index (χ1v) is 10.4. The molecule has 0 saturated carbocycles. The van der Waals surface area contributed by atoms with Crippen molar-refractivity contribution in [1.82, 2.24) is 14.7 Å². The van der Waals surface area contributed by atoms with Crippen molar-refractivity contribution >= 4 is 29.2 Å². The molecule has 0 spiro atoms. The van der Waals surface area contributed by atoms with Crippen LogP contribution in [0.5, 0.6) is 0 Å². The molecule has 3 aromatic rings. The number of rotatable bonds is 5. The highest BCUT2D eigenvalue weighted by Gasteiger charge is 2.23. The smallest absolute Gasteiger partial charge is 0.255 e. The summed E-state index contributed by atoms with van der Waals surface area (Å²) in [5.74, 6) is -0.0792. The molecule has 2 aromatic carbocycles. The van der Waals surface area contributed by atoms with Gasteiger partial charge in [0.05, 0.1) is 28.5 Å². The van der Waals surface area contributed by atoms with Gasteiger partial charge in [-0.15, -0.1) is 0 Å². The van der Waals surface area contributed by atoms with Gasteiger partial charge < -0.3 is 10.2 Å². The predicted molar refractivity (Wildman–Crippen MR) is 124 cm³/mol. The highest BCUT2D eigenvalue weighted by atomic mass is 35.5. The number of nitrogens with one attached hydrogen (secondary N) is 1. The fraction of sp³-hybridized carbons (Fsp3) is 0.292. The number of nitrogens with zero attached hydrogens (tertiary/aromatic N) is 3. The van der Waals surface area contributed by atoms with Gasteiger partial charge in [0, 0.05) is 18.5 Å². The number of aromatic nitrogens is 2. The topological polar surface area (TPSA) is 67.2 Å². The third-order valence-electron chi connectivity index (χ3n) is 4.92. The Morgan fingerprint density at radius 2 is 1.74 bits per heavy atom. The van der Waals surface area contributed by atoms with Gasteiger partial charge in [0.15, 0.2) is 0 Å². The zero-order valence-electron chi connectivity index (χ0n) is 18.4. The molecule has 6 nitrogen and oxygen atoms in total. The van der Waals surface area contributed by atoms with Crippen molar-refractivity contribution in [3.8, 4) is 5.69 Å². The van der Waals surface area contributed by atoms with E-state index in [-0.39, 0.29) is 23.8 Å². The first-order chi connectivity index (χ1) is 14.6. The van der Waals surface area contributed by atoms with Crippen molar-refractivity contribution in [3.63, 3.8) is 0 Å². The molecule has 0 saturated heterocycles. The standard InChI is InChI=1S/C24H27ClN4O2/c1-16-10-6-9-13-19(16)29-21(14-20(27-29)24(2,3)4)26-22(30)15-28(5)23(31)17-11-7-8-12-18(17)25/h6-14H,15H2,1-5H3,(H,26,30). The molecule has 1 aromatic heterocycles. The fourth-order valence-electron chi connectivity index (χ4n) is 3.13. The summed E-state index contributed by atoms with van der Waals surface area (Å²) >= 11 is 6.12. The zero-order valence-corrected chi connectivity index (χ0v) is 19.2.